The van der Waals surface area contributed by atoms with Gasteiger partial charge in [0.1, 0.15) is 0 Å². The van der Waals surface area contributed by atoms with Gasteiger partial charge in [-0.1, -0.05) is 29.8 Å². The van der Waals surface area contributed by atoms with E-state index in [1.165, 1.54) is 4.31 Å². The van der Waals surface area contributed by atoms with Gasteiger partial charge in [-0.3, -0.25) is 0 Å². The summed E-state index contributed by atoms with van der Waals surface area (Å²) in [4.78, 5) is 0.204. The number of aryl methyl sites for hydroxylation is 1. The van der Waals surface area contributed by atoms with Crippen LogP contribution in [0.4, 0.5) is 0 Å². The second-order valence-electron chi connectivity index (χ2n) is 5.35. The van der Waals surface area contributed by atoms with Crippen molar-refractivity contribution in [2.75, 3.05) is 13.1 Å². The van der Waals surface area contributed by atoms with E-state index < -0.39 is 10.0 Å². The maximum Gasteiger partial charge on any atom is 0.243 e. The number of sulfonamides is 1. The van der Waals surface area contributed by atoms with Crippen LogP contribution in [0.5, 0.6) is 0 Å². The average molecular weight is 343 g/mol. The monoisotopic (exact) mass is 343 g/mol. The molecule has 0 spiro atoms. The Kier molecular flexibility index (Phi) is 7.38. The average Bonchev–Trinajstić information content (AvgIpc) is 2.58. The van der Waals surface area contributed by atoms with Gasteiger partial charge in [-0.05, 0) is 39.3 Å². The third-order valence-electron chi connectivity index (χ3n) is 3.56. The van der Waals surface area contributed by atoms with Crippen molar-refractivity contribution in [3.63, 3.8) is 0 Å². The minimum absolute atomic E-state index is 0.0953. The lowest BCUT2D eigenvalue weighted by atomic mass is 10.2. The lowest BCUT2D eigenvalue weighted by Gasteiger charge is -2.21. The highest BCUT2D eigenvalue weighted by molar-refractivity contribution is 7.89. The van der Waals surface area contributed by atoms with E-state index in [1.54, 1.807) is 50.3 Å². The zero-order valence-electron chi connectivity index (χ0n) is 14.2. The largest absolute Gasteiger partial charge is 0.243 e. The first-order valence-corrected chi connectivity index (χ1v) is 8.98. The van der Waals surface area contributed by atoms with E-state index >= 15 is 0 Å². The van der Waals surface area contributed by atoms with Gasteiger partial charge in [0.15, 0.2) is 0 Å². The lowest BCUT2D eigenvalue weighted by Crippen LogP contribution is -2.32. The van der Waals surface area contributed by atoms with E-state index in [4.69, 9.17) is 10.5 Å². The van der Waals surface area contributed by atoms with Gasteiger partial charge in [0.2, 0.25) is 10.0 Å². The second kappa shape index (κ2) is 9.02. The molecule has 0 fully saturated rings. The van der Waals surface area contributed by atoms with Crippen LogP contribution in [0.15, 0.2) is 52.5 Å². The number of rotatable bonds is 7. The summed E-state index contributed by atoms with van der Waals surface area (Å²) >= 11 is 0. The van der Waals surface area contributed by atoms with Crippen molar-refractivity contribution in [1.29, 1.82) is 10.5 Å². The van der Waals surface area contributed by atoms with E-state index in [1.807, 2.05) is 13.0 Å². The van der Waals surface area contributed by atoms with Gasteiger partial charge in [-0.15, -0.1) is 0 Å². The van der Waals surface area contributed by atoms with Crippen LogP contribution in [0.3, 0.4) is 0 Å². The highest BCUT2D eigenvalue weighted by Crippen LogP contribution is 2.18. The van der Waals surface area contributed by atoms with E-state index in [0.717, 1.165) is 5.56 Å². The molecule has 1 aromatic carbocycles. The number of nitriles is 2. The van der Waals surface area contributed by atoms with Crippen molar-refractivity contribution in [2.45, 2.75) is 32.1 Å². The molecule has 0 N–H and O–H groups in total. The van der Waals surface area contributed by atoms with Crippen LogP contribution in [0, 0.1) is 29.6 Å². The van der Waals surface area contributed by atoms with Crippen molar-refractivity contribution in [2.24, 2.45) is 0 Å². The molecular weight excluding hydrogens is 322 g/mol. The Labute approximate surface area is 144 Å². The Balaban J connectivity index is 3.13. The van der Waals surface area contributed by atoms with Crippen molar-refractivity contribution in [1.82, 2.24) is 4.31 Å². The molecule has 1 rings (SSSR count). The van der Waals surface area contributed by atoms with E-state index in [-0.39, 0.29) is 18.0 Å². The molecule has 0 heterocycles. The van der Waals surface area contributed by atoms with Crippen molar-refractivity contribution < 1.29 is 8.42 Å². The molecule has 0 atom stereocenters. The van der Waals surface area contributed by atoms with Crippen molar-refractivity contribution in [3.05, 3.63) is 53.1 Å². The van der Waals surface area contributed by atoms with Gasteiger partial charge in [0, 0.05) is 24.2 Å². The Morgan fingerprint density at radius 2 is 1.83 bits per heavy atom. The third-order valence-corrected chi connectivity index (χ3v) is 5.44. The number of hydrogen-bond acceptors (Lipinski definition) is 4. The number of allylic oxidation sites excluding steroid dienone is 2. The maximum absolute atomic E-state index is 12.8. The summed E-state index contributed by atoms with van der Waals surface area (Å²) in [6.07, 6.45) is 3.58. The minimum atomic E-state index is -3.69. The fourth-order valence-electron chi connectivity index (χ4n) is 1.96. The zero-order valence-corrected chi connectivity index (χ0v) is 15.0. The molecule has 0 saturated carbocycles. The van der Waals surface area contributed by atoms with Gasteiger partial charge in [0.05, 0.1) is 17.0 Å². The normalized spacial score (nSPS) is 12.8. The van der Waals surface area contributed by atoms with Crippen molar-refractivity contribution in [3.8, 4) is 12.1 Å². The first kappa shape index (κ1) is 19.6. The van der Waals surface area contributed by atoms with Crippen LogP contribution >= 0.6 is 0 Å². The summed E-state index contributed by atoms with van der Waals surface area (Å²) in [5.74, 6) is 0. The van der Waals surface area contributed by atoms with Crippen LogP contribution in [-0.4, -0.2) is 25.8 Å². The SMILES string of the molecule is C/C=C(/C#N)CCN(C/C=C(\C)C#N)S(=O)(=O)c1ccc(C)cc1. The topological polar surface area (TPSA) is 85.0 Å². The summed E-state index contributed by atoms with van der Waals surface area (Å²) in [5, 5.41) is 17.9. The first-order chi connectivity index (χ1) is 11.3. The fourth-order valence-corrected chi connectivity index (χ4v) is 3.34. The third kappa shape index (κ3) is 5.34. The smallest absolute Gasteiger partial charge is 0.207 e. The molecule has 0 radical (unpaired) electrons. The Hall–Kier alpha value is -2.41. The van der Waals surface area contributed by atoms with Crippen LogP contribution in [-0.2, 0) is 10.0 Å². The Morgan fingerprint density at radius 3 is 2.33 bits per heavy atom. The molecule has 24 heavy (non-hydrogen) atoms. The second-order valence-corrected chi connectivity index (χ2v) is 7.29. The van der Waals surface area contributed by atoms with Gasteiger partial charge >= 0.3 is 0 Å². The first-order valence-electron chi connectivity index (χ1n) is 7.54. The van der Waals surface area contributed by atoms with E-state index in [2.05, 4.69) is 6.07 Å². The molecule has 1 aromatic rings. The molecule has 0 unspecified atom stereocenters. The summed E-state index contributed by atoms with van der Waals surface area (Å²) in [6.45, 7) is 5.54. The highest BCUT2D eigenvalue weighted by atomic mass is 32.2. The summed E-state index contributed by atoms with van der Waals surface area (Å²) in [6, 6.07) is 10.7. The Morgan fingerprint density at radius 1 is 1.21 bits per heavy atom. The Bertz CT molecular complexity index is 807. The highest BCUT2D eigenvalue weighted by Gasteiger charge is 2.23. The van der Waals surface area contributed by atoms with Gasteiger partial charge in [-0.25, -0.2) is 8.42 Å². The minimum Gasteiger partial charge on any atom is -0.207 e. The molecule has 0 aliphatic carbocycles. The summed E-state index contributed by atoms with van der Waals surface area (Å²) in [7, 11) is -3.69. The molecule has 0 aliphatic heterocycles. The summed E-state index contributed by atoms with van der Waals surface area (Å²) in [5.41, 5.74) is 1.95. The van der Waals surface area contributed by atoms with Crippen LogP contribution in [0.1, 0.15) is 25.8 Å². The molecule has 0 aromatic heterocycles. The quantitative estimate of drug-likeness (QED) is 0.711. The van der Waals surface area contributed by atoms with Gasteiger partial charge in [-0.2, -0.15) is 14.8 Å². The predicted octanol–water partition coefficient (Wildman–Crippen LogP) is 3.32. The van der Waals surface area contributed by atoms with Crippen LogP contribution in [0.2, 0.25) is 0 Å². The predicted molar refractivity (Wildman–Crippen MR) is 93.3 cm³/mol. The number of benzene rings is 1. The fraction of sp³-hybridized carbons (Fsp3) is 0.333. The van der Waals surface area contributed by atoms with Gasteiger partial charge < -0.3 is 0 Å². The molecule has 6 heteroatoms. The van der Waals surface area contributed by atoms with Crippen LogP contribution in [0.25, 0.3) is 0 Å². The zero-order chi connectivity index (χ0) is 18.2. The number of nitrogens with zero attached hydrogens (tertiary/aromatic N) is 3. The molecule has 0 saturated heterocycles. The molecule has 0 aliphatic rings. The van der Waals surface area contributed by atoms with Crippen LogP contribution < -0.4 is 0 Å². The number of hydrogen-bond donors (Lipinski definition) is 0. The molecule has 0 bridgehead atoms. The van der Waals surface area contributed by atoms with Gasteiger partial charge in [0.25, 0.3) is 0 Å². The molecule has 126 valence electrons. The molecule has 0 amide bonds. The molecular formula is C18H21N3O2S. The maximum atomic E-state index is 12.8. The van der Waals surface area contributed by atoms with E-state index in [0.29, 0.717) is 17.6 Å². The summed E-state index contributed by atoms with van der Waals surface area (Å²) < 4.78 is 27.0. The molecule has 5 nitrogen and oxygen atoms in total. The standard InChI is InChI=1S/C18H21N3O2S/c1-4-17(14-20)10-12-21(11-9-16(3)13-19)24(22,23)18-7-5-15(2)6-8-18/h4-9H,10-12H2,1-3H3/b16-9+,17-4+. The van der Waals surface area contributed by atoms with E-state index in [9.17, 15) is 8.42 Å². The van der Waals surface area contributed by atoms with Crippen molar-refractivity contribution >= 4 is 10.0 Å². The lowest BCUT2D eigenvalue weighted by molar-refractivity contribution is 0.445.